The lowest BCUT2D eigenvalue weighted by Crippen LogP contribution is -2.40. The third kappa shape index (κ3) is 3.58. The van der Waals surface area contributed by atoms with E-state index in [0.717, 1.165) is 37.6 Å². The van der Waals surface area contributed by atoms with Crippen LogP contribution in [-0.2, 0) is 4.74 Å². The molecular weight excluding hydrogens is 174 g/mol. The topological polar surface area (TPSA) is 21.3 Å². The van der Waals surface area contributed by atoms with E-state index in [1.54, 1.807) is 0 Å². The second kappa shape index (κ2) is 5.13. The van der Waals surface area contributed by atoms with Crippen LogP contribution in [0.2, 0.25) is 0 Å². The third-order valence-electron chi connectivity index (χ3n) is 3.32. The lowest BCUT2D eigenvalue weighted by atomic mass is 9.82. The molecule has 0 amide bonds. The van der Waals surface area contributed by atoms with Gasteiger partial charge in [-0.05, 0) is 50.5 Å². The van der Waals surface area contributed by atoms with Gasteiger partial charge in [0, 0.05) is 19.3 Å². The van der Waals surface area contributed by atoms with E-state index >= 15 is 0 Å². The molecule has 2 rings (SSSR count). The van der Waals surface area contributed by atoms with Gasteiger partial charge in [0.25, 0.3) is 0 Å². The van der Waals surface area contributed by atoms with Crippen molar-refractivity contribution in [2.45, 2.75) is 45.1 Å². The molecule has 0 radical (unpaired) electrons. The smallest absolute Gasteiger partial charge is 0.0494 e. The Morgan fingerprint density at radius 3 is 2.71 bits per heavy atom. The Hall–Kier alpha value is -0.0800. The van der Waals surface area contributed by atoms with Crippen molar-refractivity contribution in [3.63, 3.8) is 0 Å². The second-order valence-electron chi connectivity index (χ2n) is 5.10. The molecule has 0 atom stereocenters. The maximum atomic E-state index is 5.57. The average molecular weight is 197 g/mol. The van der Waals surface area contributed by atoms with Gasteiger partial charge in [-0.2, -0.15) is 0 Å². The van der Waals surface area contributed by atoms with E-state index in [0.29, 0.717) is 0 Å². The van der Waals surface area contributed by atoms with Gasteiger partial charge in [0.1, 0.15) is 0 Å². The highest BCUT2D eigenvalue weighted by Crippen LogP contribution is 2.28. The lowest BCUT2D eigenvalue weighted by Gasteiger charge is -2.33. The fraction of sp³-hybridized carbons (Fsp3) is 1.00. The van der Waals surface area contributed by atoms with Crippen molar-refractivity contribution in [3.8, 4) is 0 Å². The van der Waals surface area contributed by atoms with Crippen LogP contribution in [0.1, 0.15) is 39.0 Å². The minimum Gasteiger partial charge on any atom is -0.381 e. The van der Waals surface area contributed by atoms with Gasteiger partial charge in [-0.15, -0.1) is 0 Å². The van der Waals surface area contributed by atoms with Gasteiger partial charge >= 0.3 is 0 Å². The van der Waals surface area contributed by atoms with Gasteiger partial charge in [-0.25, -0.2) is 0 Å². The zero-order chi connectivity index (χ0) is 9.80. The summed E-state index contributed by atoms with van der Waals surface area (Å²) in [6.45, 7) is 5.44. The molecule has 0 aromatic carbocycles. The van der Waals surface area contributed by atoms with Gasteiger partial charge in [-0.1, -0.05) is 6.92 Å². The van der Waals surface area contributed by atoms with Crippen LogP contribution in [0.15, 0.2) is 0 Å². The Morgan fingerprint density at radius 1 is 1.29 bits per heavy atom. The standard InChI is InChI=1S/C12H23NO/c1-10-7-12(8-10)13-5-2-6-14-9-11-3-4-11/h10-13H,2-9H2,1H3. The molecule has 2 heteroatoms. The van der Waals surface area contributed by atoms with Crippen LogP contribution in [0.5, 0.6) is 0 Å². The Labute approximate surface area is 87.4 Å². The van der Waals surface area contributed by atoms with Gasteiger partial charge in [-0.3, -0.25) is 0 Å². The minimum absolute atomic E-state index is 0.813. The summed E-state index contributed by atoms with van der Waals surface area (Å²) in [6, 6.07) is 0.813. The van der Waals surface area contributed by atoms with E-state index in [4.69, 9.17) is 4.74 Å². The first-order valence-corrected chi connectivity index (χ1v) is 6.15. The van der Waals surface area contributed by atoms with E-state index in [1.807, 2.05) is 0 Å². The molecule has 0 aromatic rings. The van der Waals surface area contributed by atoms with Crippen molar-refractivity contribution >= 4 is 0 Å². The molecule has 2 nitrogen and oxygen atoms in total. The molecule has 2 aliphatic rings. The molecule has 82 valence electrons. The molecule has 1 N–H and O–H groups in total. The zero-order valence-corrected chi connectivity index (χ0v) is 9.30. The summed E-state index contributed by atoms with van der Waals surface area (Å²) in [7, 11) is 0. The van der Waals surface area contributed by atoms with Crippen LogP contribution in [0, 0.1) is 11.8 Å². The fourth-order valence-electron chi connectivity index (χ4n) is 2.08. The molecule has 0 unspecified atom stereocenters. The summed E-state index contributed by atoms with van der Waals surface area (Å²) in [4.78, 5) is 0. The average Bonchev–Trinajstić information content (AvgIpc) is 2.91. The van der Waals surface area contributed by atoms with Crippen molar-refractivity contribution in [3.05, 3.63) is 0 Å². The highest BCUT2D eigenvalue weighted by molar-refractivity contribution is 4.81. The Kier molecular flexibility index (Phi) is 3.82. The molecule has 0 spiro atoms. The number of hydrogen-bond donors (Lipinski definition) is 1. The molecule has 0 saturated heterocycles. The molecule has 2 aliphatic carbocycles. The maximum absolute atomic E-state index is 5.57. The van der Waals surface area contributed by atoms with Gasteiger partial charge < -0.3 is 10.1 Å². The first-order valence-electron chi connectivity index (χ1n) is 6.15. The molecule has 0 bridgehead atoms. The normalized spacial score (nSPS) is 31.5. The summed E-state index contributed by atoms with van der Waals surface area (Å²) in [5.74, 6) is 1.87. The molecule has 0 aliphatic heterocycles. The monoisotopic (exact) mass is 197 g/mol. The largest absolute Gasteiger partial charge is 0.381 e. The highest BCUT2D eigenvalue weighted by atomic mass is 16.5. The SMILES string of the molecule is CC1CC(NCCCOCC2CC2)C1. The minimum atomic E-state index is 0.813. The van der Waals surface area contributed by atoms with E-state index in [1.165, 1.54) is 32.1 Å². The predicted octanol–water partition coefficient (Wildman–Crippen LogP) is 2.19. The predicted molar refractivity (Wildman–Crippen MR) is 58.3 cm³/mol. The van der Waals surface area contributed by atoms with Gasteiger partial charge in [0.2, 0.25) is 0 Å². The molecule has 0 aromatic heterocycles. The summed E-state index contributed by atoms with van der Waals surface area (Å²) in [5.41, 5.74) is 0. The van der Waals surface area contributed by atoms with Gasteiger partial charge in [0.15, 0.2) is 0 Å². The molecule has 14 heavy (non-hydrogen) atoms. The fourth-order valence-corrected chi connectivity index (χ4v) is 2.08. The lowest BCUT2D eigenvalue weighted by molar-refractivity contribution is 0.119. The summed E-state index contributed by atoms with van der Waals surface area (Å²) in [5, 5.41) is 3.57. The van der Waals surface area contributed by atoms with Gasteiger partial charge in [0.05, 0.1) is 0 Å². The second-order valence-corrected chi connectivity index (χ2v) is 5.10. The van der Waals surface area contributed by atoms with Crippen LogP contribution in [0.25, 0.3) is 0 Å². The van der Waals surface area contributed by atoms with Crippen molar-refractivity contribution in [2.75, 3.05) is 19.8 Å². The Morgan fingerprint density at radius 2 is 2.07 bits per heavy atom. The summed E-state index contributed by atoms with van der Waals surface area (Å²) in [6.07, 6.45) is 6.74. The van der Waals surface area contributed by atoms with Crippen LogP contribution in [0.4, 0.5) is 0 Å². The first kappa shape index (κ1) is 10.4. The molecular formula is C12H23NO. The third-order valence-corrected chi connectivity index (χ3v) is 3.32. The van der Waals surface area contributed by atoms with E-state index < -0.39 is 0 Å². The van der Waals surface area contributed by atoms with Crippen LogP contribution in [0.3, 0.4) is 0 Å². The van der Waals surface area contributed by atoms with Crippen LogP contribution in [-0.4, -0.2) is 25.8 Å². The van der Waals surface area contributed by atoms with Crippen molar-refractivity contribution in [1.82, 2.24) is 5.32 Å². The van der Waals surface area contributed by atoms with Crippen molar-refractivity contribution in [2.24, 2.45) is 11.8 Å². The van der Waals surface area contributed by atoms with Crippen LogP contribution < -0.4 is 5.32 Å². The highest BCUT2D eigenvalue weighted by Gasteiger charge is 2.24. The maximum Gasteiger partial charge on any atom is 0.0494 e. The van der Waals surface area contributed by atoms with Crippen LogP contribution >= 0.6 is 0 Å². The summed E-state index contributed by atoms with van der Waals surface area (Å²) >= 11 is 0. The Balaban J connectivity index is 1.33. The number of ether oxygens (including phenoxy) is 1. The molecule has 2 fully saturated rings. The summed E-state index contributed by atoms with van der Waals surface area (Å²) < 4.78 is 5.57. The number of rotatable bonds is 7. The zero-order valence-electron chi connectivity index (χ0n) is 9.30. The molecule has 0 heterocycles. The number of nitrogens with one attached hydrogen (secondary N) is 1. The van der Waals surface area contributed by atoms with Crippen molar-refractivity contribution < 1.29 is 4.74 Å². The number of hydrogen-bond acceptors (Lipinski definition) is 2. The van der Waals surface area contributed by atoms with E-state index in [-0.39, 0.29) is 0 Å². The molecule has 2 saturated carbocycles. The van der Waals surface area contributed by atoms with Crippen molar-refractivity contribution in [1.29, 1.82) is 0 Å². The quantitative estimate of drug-likeness (QED) is 0.632. The van der Waals surface area contributed by atoms with E-state index in [9.17, 15) is 0 Å². The van der Waals surface area contributed by atoms with E-state index in [2.05, 4.69) is 12.2 Å². The first-order chi connectivity index (χ1) is 6.84. The Bertz CT molecular complexity index is 162.